The topological polar surface area (TPSA) is 197 Å². The van der Waals surface area contributed by atoms with Gasteiger partial charge in [0.05, 0.1) is 6.04 Å². The molecule has 0 aliphatic heterocycles. The molecule has 0 aliphatic rings. The van der Waals surface area contributed by atoms with E-state index in [0.29, 0.717) is 25.8 Å². The van der Waals surface area contributed by atoms with E-state index in [-0.39, 0.29) is 36.8 Å². The molecule has 9 N–H and O–H groups in total. The van der Waals surface area contributed by atoms with Gasteiger partial charge in [0.25, 0.3) is 0 Å². The first-order valence-corrected chi connectivity index (χ1v) is 13.3. The zero-order chi connectivity index (χ0) is 28.8. The highest BCUT2D eigenvalue weighted by molar-refractivity contribution is 5.94. The van der Waals surface area contributed by atoms with Gasteiger partial charge in [-0.3, -0.25) is 14.4 Å². The fourth-order valence-electron chi connectivity index (χ4n) is 3.93. The maximum atomic E-state index is 13.3. The van der Waals surface area contributed by atoms with Gasteiger partial charge in [-0.25, -0.2) is 4.79 Å². The number of carbonyl (C=O) groups is 4. The Bertz CT molecular complexity index is 908. The maximum absolute atomic E-state index is 13.3. The van der Waals surface area contributed by atoms with Gasteiger partial charge in [-0.15, -0.1) is 0 Å². The zero-order valence-electron chi connectivity index (χ0n) is 22.9. The third kappa shape index (κ3) is 11.5. The number of nitrogens with one attached hydrogen (secondary N) is 3. The number of hydrogen-bond donors (Lipinski definition) is 7. The molecule has 0 radical (unpaired) electrons. The fraction of sp³-hybridized carbons (Fsp3) is 0.630. The van der Waals surface area contributed by atoms with Crippen LogP contribution in [-0.2, 0) is 25.6 Å². The Morgan fingerprint density at radius 1 is 0.895 bits per heavy atom. The first-order chi connectivity index (χ1) is 17.9. The summed E-state index contributed by atoms with van der Waals surface area (Å²) >= 11 is 0. The number of carboxylic acid groups (broad SMARTS) is 1. The Morgan fingerprint density at radius 2 is 1.50 bits per heavy atom. The van der Waals surface area contributed by atoms with Crippen molar-refractivity contribution in [3.63, 3.8) is 0 Å². The highest BCUT2D eigenvalue weighted by atomic mass is 16.4. The van der Waals surface area contributed by atoms with Crippen molar-refractivity contribution in [2.24, 2.45) is 23.3 Å². The third-order valence-corrected chi connectivity index (χ3v) is 6.42. The lowest BCUT2D eigenvalue weighted by Gasteiger charge is -2.28. The van der Waals surface area contributed by atoms with Crippen molar-refractivity contribution in [1.82, 2.24) is 16.0 Å². The molecule has 11 heteroatoms. The van der Waals surface area contributed by atoms with E-state index in [1.54, 1.807) is 12.1 Å². The average Bonchev–Trinajstić information content (AvgIpc) is 2.86. The van der Waals surface area contributed by atoms with Crippen LogP contribution in [0.4, 0.5) is 0 Å². The number of rotatable bonds is 17. The Morgan fingerprint density at radius 3 is 2.03 bits per heavy atom. The monoisotopic (exact) mass is 535 g/mol. The summed E-state index contributed by atoms with van der Waals surface area (Å²) in [6, 6.07) is 2.37. The summed E-state index contributed by atoms with van der Waals surface area (Å²) in [4.78, 5) is 50.9. The van der Waals surface area contributed by atoms with E-state index in [1.807, 2.05) is 27.7 Å². The normalized spacial score (nSPS) is 15.1. The van der Waals surface area contributed by atoms with Gasteiger partial charge in [-0.1, -0.05) is 46.2 Å². The Hall–Kier alpha value is -3.18. The second-order valence-electron chi connectivity index (χ2n) is 10.2. The number of unbranched alkanes of at least 4 members (excludes halogenated alkanes) is 1. The summed E-state index contributed by atoms with van der Waals surface area (Å²) in [5, 5.41) is 27.0. The molecule has 38 heavy (non-hydrogen) atoms. The van der Waals surface area contributed by atoms with E-state index < -0.39 is 47.9 Å². The number of carboxylic acids is 1. The lowest BCUT2D eigenvalue weighted by molar-refractivity contribution is -0.143. The van der Waals surface area contributed by atoms with Gasteiger partial charge in [0.15, 0.2) is 0 Å². The zero-order valence-corrected chi connectivity index (χ0v) is 22.9. The molecule has 1 rings (SSSR count). The van der Waals surface area contributed by atoms with Crippen molar-refractivity contribution in [3.8, 4) is 5.75 Å². The number of benzene rings is 1. The van der Waals surface area contributed by atoms with E-state index in [9.17, 15) is 29.4 Å². The van der Waals surface area contributed by atoms with E-state index in [2.05, 4.69) is 16.0 Å². The fourth-order valence-corrected chi connectivity index (χ4v) is 3.93. The van der Waals surface area contributed by atoms with Gasteiger partial charge < -0.3 is 37.6 Å². The number of phenolic OH excluding ortho intramolecular Hbond substituents is 1. The second-order valence-corrected chi connectivity index (χ2v) is 10.2. The number of amides is 3. The van der Waals surface area contributed by atoms with E-state index in [4.69, 9.17) is 11.5 Å². The summed E-state index contributed by atoms with van der Waals surface area (Å²) in [6.45, 7) is 7.81. The van der Waals surface area contributed by atoms with Crippen LogP contribution in [0.5, 0.6) is 5.75 Å². The Balaban J connectivity index is 2.99. The molecule has 3 amide bonds. The van der Waals surface area contributed by atoms with Crippen LogP contribution in [-0.4, -0.2) is 64.6 Å². The van der Waals surface area contributed by atoms with Crippen LogP contribution in [0.3, 0.4) is 0 Å². The molecule has 0 spiro atoms. The van der Waals surface area contributed by atoms with E-state index in [1.165, 1.54) is 12.1 Å². The number of hydrogen-bond acceptors (Lipinski definition) is 7. The average molecular weight is 536 g/mol. The molecule has 0 saturated carbocycles. The van der Waals surface area contributed by atoms with E-state index >= 15 is 0 Å². The maximum Gasteiger partial charge on any atom is 0.326 e. The largest absolute Gasteiger partial charge is 0.508 e. The quantitative estimate of drug-likeness (QED) is 0.143. The van der Waals surface area contributed by atoms with Gasteiger partial charge in [0.1, 0.15) is 23.9 Å². The molecular formula is C27H45N5O6. The Kier molecular flexibility index (Phi) is 14.4. The molecule has 0 aliphatic carbocycles. The van der Waals surface area contributed by atoms with Crippen molar-refractivity contribution in [2.75, 3.05) is 6.54 Å². The van der Waals surface area contributed by atoms with Crippen molar-refractivity contribution >= 4 is 23.7 Å². The van der Waals surface area contributed by atoms with Crippen LogP contribution in [0.2, 0.25) is 0 Å². The molecule has 0 bridgehead atoms. The standard InChI is InChI=1S/C27H45N5O6/c1-5-17(4)23(32-24(34)20(29)15-18-9-11-19(33)12-10-18)26(36)30-21(8-6-7-13-28)25(35)31-22(27(37)38)14-16(2)3/h9-12,16-17,20-23,33H,5-8,13-15,28-29H2,1-4H3,(H,30,36)(H,31,35)(H,32,34)(H,37,38). The van der Waals surface area contributed by atoms with Crippen LogP contribution >= 0.6 is 0 Å². The predicted octanol–water partition coefficient (Wildman–Crippen LogP) is 1.02. The van der Waals surface area contributed by atoms with Crippen LogP contribution < -0.4 is 27.4 Å². The Labute approximate surface area is 225 Å². The van der Waals surface area contributed by atoms with Crippen LogP contribution in [0, 0.1) is 11.8 Å². The SMILES string of the molecule is CCC(C)C(NC(=O)C(N)Cc1ccc(O)cc1)C(=O)NC(CCCCN)C(=O)NC(CC(C)C)C(=O)O. The molecule has 214 valence electrons. The van der Waals surface area contributed by atoms with Crippen LogP contribution in [0.15, 0.2) is 24.3 Å². The van der Waals surface area contributed by atoms with Crippen molar-refractivity contribution < 1.29 is 29.4 Å². The lowest BCUT2D eigenvalue weighted by atomic mass is 9.96. The summed E-state index contributed by atoms with van der Waals surface area (Å²) in [5.74, 6) is -2.94. The first-order valence-electron chi connectivity index (χ1n) is 13.3. The van der Waals surface area contributed by atoms with Crippen molar-refractivity contribution in [3.05, 3.63) is 29.8 Å². The van der Waals surface area contributed by atoms with Gasteiger partial charge in [-0.2, -0.15) is 0 Å². The van der Waals surface area contributed by atoms with Gasteiger partial charge in [-0.05, 0) is 68.2 Å². The highest BCUT2D eigenvalue weighted by Gasteiger charge is 2.32. The molecule has 0 saturated heterocycles. The van der Waals surface area contributed by atoms with Crippen LogP contribution in [0.1, 0.15) is 65.4 Å². The molecular weight excluding hydrogens is 490 g/mol. The minimum absolute atomic E-state index is 0.0393. The number of phenols is 1. The number of nitrogens with two attached hydrogens (primary N) is 2. The third-order valence-electron chi connectivity index (χ3n) is 6.42. The highest BCUT2D eigenvalue weighted by Crippen LogP contribution is 2.13. The molecule has 1 aromatic rings. The molecule has 0 aromatic heterocycles. The van der Waals surface area contributed by atoms with Crippen molar-refractivity contribution in [1.29, 1.82) is 0 Å². The molecule has 5 atom stereocenters. The lowest BCUT2D eigenvalue weighted by Crippen LogP contribution is -2.58. The second kappa shape index (κ2) is 16.6. The summed E-state index contributed by atoms with van der Waals surface area (Å²) in [6.07, 6.45) is 2.47. The number of aliphatic carboxylic acids is 1. The van der Waals surface area contributed by atoms with Gasteiger partial charge in [0.2, 0.25) is 17.7 Å². The van der Waals surface area contributed by atoms with E-state index in [0.717, 1.165) is 5.56 Å². The van der Waals surface area contributed by atoms with Crippen LogP contribution in [0.25, 0.3) is 0 Å². The minimum atomic E-state index is -1.15. The molecule has 1 aromatic carbocycles. The number of aromatic hydroxyl groups is 1. The molecule has 0 fully saturated rings. The summed E-state index contributed by atoms with van der Waals surface area (Å²) < 4.78 is 0. The first kappa shape index (κ1) is 32.8. The molecule has 5 unspecified atom stereocenters. The van der Waals surface area contributed by atoms with Gasteiger partial charge in [0, 0.05) is 0 Å². The van der Waals surface area contributed by atoms with Crippen molar-refractivity contribution in [2.45, 2.75) is 90.4 Å². The number of carbonyl (C=O) groups excluding carboxylic acids is 3. The minimum Gasteiger partial charge on any atom is -0.508 e. The van der Waals surface area contributed by atoms with Gasteiger partial charge >= 0.3 is 5.97 Å². The molecule has 11 nitrogen and oxygen atoms in total. The molecule has 0 heterocycles. The summed E-state index contributed by atoms with van der Waals surface area (Å²) in [5.41, 5.74) is 12.4. The smallest absolute Gasteiger partial charge is 0.326 e. The summed E-state index contributed by atoms with van der Waals surface area (Å²) in [7, 11) is 0. The predicted molar refractivity (Wildman–Crippen MR) is 145 cm³/mol.